The van der Waals surface area contributed by atoms with Crippen molar-refractivity contribution in [3.63, 3.8) is 0 Å². The third kappa shape index (κ3) is 2.36. The molecular formula is C15H13ClN6. The molecule has 0 atom stereocenters. The predicted molar refractivity (Wildman–Crippen MR) is 84.5 cm³/mol. The Balaban J connectivity index is 2.10. The van der Waals surface area contributed by atoms with Gasteiger partial charge in [0, 0.05) is 0 Å². The third-order valence-corrected chi connectivity index (χ3v) is 3.79. The summed E-state index contributed by atoms with van der Waals surface area (Å²) in [5, 5.41) is 9.12. The summed E-state index contributed by atoms with van der Waals surface area (Å²) < 4.78 is 1.88. The second kappa shape index (κ2) is 5.28. The number of nitriles is 1. The van der Waals surface area contributed by atoms with Crippen molar-refractivity contribution in [1.82, 2.24) is 19.5 Å². The lowest BCUT2D eigenvalue weighted by Gasteiger charge is -2.11. The molecule has 0 spiro atoms. The van der Waals surface area contributed by atoms with Crippen LogP contribution in [0.1, 0.15) is 22.3 Å². The van der Waals surface area contributed by atoms with Crippen LogP contribution >= 0.6 is 11.6 Å². The molecule has 1 aromatic carbocycles. The fourth-order valence-corrected chi connectivity index (χ4v) is 2.70. The molecule has 2 N–H and O–H groups in total. The van der Waals surface area contributed by atoms with E-state index >= 15 is 0 Å². The molecule has 0 bridgehead atoms. The van der Waals surface area contributed by atoms with E-state index in [-0.39, 0.29) is 11.1 Å². The van der Waals surface area contributed by atoms with Gasteiger partial charge in [-0.2, -0.15) is 15.2 Å². The molecule has 0 saturated heterocycles. The first-order chi connectivity index (χ1) is 10.5. The van der Waals surface area contributed by atoms with E-state index in [1.54, 1.807) is 6.33 Å². The predicted octanol–water partition coefficient (Wildman–Crippen LogP) is 2.60. The lowest BCUT2D eigenvalue weighted by atomic mass is 9.99. The first kappa shape index (κ1) is 14.3. The molecule has 22 heavy (non-hydrogen) atoms. The van der Waals surface area contributed by atoms with Crippen LogP contribution < -0.4 is 5.73 Å². The molecule has 0 radical (unpaired) electrons. The minimum atomic E-state index is 0.0972. The molecule has 3 aromatic rings. The molecule has 0 amide bonds. The standard InChI is InChI=1S/C15H13ClN6/c1-8-3-10(5-17)4-9(2)11(8)6-22-7-19-12-13(18)20-15(16)21-14(12)22/h3-4,7H,6H2,1-2H3,(H2,18,20,21). The summed E-state index contributed by atoms with van der Waals surface area (Å²) in [6.07, 6.45) is 1.67. The molecule has 0 saturated carbocycles. The largest absolute Gasteiger partial charge is 0.382 e. The minimum Gasteiger partial charge on any atom is -0.382 e. The summed E-state index contributed by atoms with van der Waals surface area (Å²) in [5.41, 5.74) is 10.8. The highest BCUT2D eigenvalue weighted by Gasteiger charge is 2.13. The third-order valence-electron chi connectivity index (χ3n) is 3.62. The number of nitrogens with zero attached hydrogens (tertiary/aromatic N) is 5. The maximum atomic E-state index is 9.03. The van der Waals surface area contributed by atoms with E-state index in [4.69, 9.17) is 22.6 Å². The van der Waals surface area contributed by atoms with E-state index in [0.29, 0.717) is 23.3 Å². The second-order valence-electron chi connectivity index (χ2n) is 5.12. The van der Waals surface area contributed by atoms with Gasteiger partial charge in [0.15, 0.2) is 11.5 Å². The number of aryl methyl sites for hydroxylation is 2. The fraction of sp³-hybridized carbons (Fsp3) is 0.200. The van der Waals surface area contributed by atoms with Gasteiger partial charge in [-0.05, 0) is 54.3 Å². The molecule has 3 rings (SSSR count). The van der Waals surface area contributed by atoms with Gasteiger partial charge in [0.25, 0.3) is 0 Å². The molecule has 2 heterocycles. The number of imidazole rings is 1. The molecule has 0 aliphatic heterocycles. The van der Waals surface area contributed by atoms with Crippen LogP contribution in [0, 0.1) is 25.2 Å². The number of benzene rings is 1. The Morgan fingerprint density at radius 2 is 1.95 bits per heavy atom. The van der Waals surface area contributed by atoms with Crippen LogP contribution in [0.3, 0.4) is 0 Å². The highest BCUT2D eigenvalue weighted by molar-refractivity contribution is 6.28. The number of nitrogens with two attached hydrogens (primary N) is 1. The van der Waals surface area contributed by atoms with Gasteiger partial charge >= 0.3 is 0 Å². The van der Waals surface area contributed by atoms with Crippen molar-refractivity contribution < 1.29 is 0 Å². The SMILES string of the molecule is Cc1cc(C#N)cc(C)c1Cn1cnc2c(N)nc(Cl)nc21. The second-order valence-corrected chi connectivity index (χ2v) is 5.46. The minimum absolute atomic E-state index is 0.0972. The monoisotopic (exact) mass is 312 g/mol. The van der Waals surface area contributed by atoms with Crippen LogP contribution in [-0.4, -0.2) is 19.5 Å². The number of aromatic nitrogens is 4. The molecule has 0 unspecified atom stereocenters. The topological polar surface area (TPSA) is 93.4 Å². The zero-order valence-electron chi connectivity index (χ0n) is 12.1. The Hall–Kier alpha value is -2.65. The number of rotatable bonds is 2. The van der Waals surface area contributed by atoms with Crippen molar-refractivity contribution in [3.8, 4) is 6.07 Å². The highest BCUT2D eigenvalue weighted by Crippen LogP contribution is 2.22. The lowest BCUT2D eigenvalue weighted by Crippen LogP contribution is -2.05. The van der Waals surface area contributed by atoms with Crippen LogP contribution in [0.5, 0.6) is 0 Å². The van der Waals surface area contributed by atoms with Crippen LogP contribution in [-0.2, 0) is 6.54 Å². The molecule has 7 heteroatoms. The normalized spacial score (nSPS) is 10.8. The zero-order chi connectivity index (χ0) is 15.9. The summed E-state index contributed by atoms with van der Waals surface area (Å²) in [5.74, 6) is 0.266. The van der Waals surface area contributed by atoms with Gasteiger partial charge in [-0.3, -0.25) is 0 Å². The number of anilines is 1. The summed E-state index contributed by atoms with van der Waals surface area (Å²) in [7, 11) is 0. The maximum absolute atomic E-state index is 9.03. The number of halogens is 1. The van der Waals surface area contributed by atoms with Gasteiger partial charge in [0.05, 0.1) is 24.5 Å². The van der Waals surface area contributed by atoms with Gasteiger partial charge in [-0.15, -0.1) is 0 Å². The van der Waals surface area contributed by atoms with Gasteiger partial charge in [0.1, 0.15) is 5.52 Å². The number of hydrogen-bond acceptors (Lipinski definition) is 5. The van der Waals surface area contributed by atoms with Crippen molar-refractivity contribution in [1.29, 1.82) is 5.26 Å². The van der Waals surface area contributed by atoms with Crippen LogP contribution in [0.15, 0.2) is 18.5 Å². The van der Waals surface area contributed by atoms with Crippen LogP contribution in [0.4, 0.5) is 5.82 Å². The first-order valence-electron chi connectivity index (χ1n) is 6.63. The van der Waals surface area contributed by atoms with Gasteiger partial charge in [-0.25, -0.2) is 4.98 Å². The van der Waals surface area contributed by atoms with Crippen molar-refractivity contribution in [2.24, 2.45) is 0 Å². The summed E-state index contributed by atoms with van der Waals surface area (Å²) in [6, 6.07) is 5.91. The molecule has 110 valence electrons. The summed E-state index contributed by atoms with van der Waals surface area (Å²) in [6.45, 7) is 4.55. The fourth-order valence-electron chi connectivity index (χ4n) is 2.53. The Morgan fingerprint density at radius 3 is 2.59 bits per heavy atom. The Bertz CT molecular complexity index is 899. The number of nitrogen functional groups attached to an aromatic ring is 1. The van der Waals surface area contributed by atoms with Crippen molar-refractivity contribution in [2.75, 3.05) is 5.73 Å². The summed E-state index contributed by atoms with van der Waals surface area (Å²) >= 11 is 5.88. The van der Waals surface area contributed by atoms with Gasteiger partial charge < -0.3 is 10.3 Å². The van der Waals surface area contributed by atoms with Crippen molar-refractivity contribution in [3.05, 3.63) is 46.0 Å². The average Bonchev–Trinajstić information content (AvgIpc) is 2.85. The van der Waals surface area contributed by atoms with Crippen molar-refractivity contribution >= 4 is 28.6 Å². The number of hydrogen-bond donors (Lipinski definition) is 1. The average molecular weight is 313 g/mol. The van der Waals surface area contributed by atoms with E-state index in [0.717, 1.165) is 16.7 Å². The van der Waals surface area contributed by atoms with E-state index in [9.17, 15) is 0 Å². The summed E-state index contributed by atoms with van der Waals surface area (Å²) in [4.78, 5) is 12.4. The molecule has 0 fully saturated rings. The Labute approximate surface area is 132 Å². The Morgan fingerprint density at radius 1 is 1.27 bits per heavy atom. The van der Waals surface area contributed by atoms with E-state index in [1.807, 2.05) is 30.5 Å². The van der Waals surface area contributed by atoms with Crippen LogP contribution in [0.25, 0.3) is 11.2 Å². The van der Waals surface area contributed by atoms with Crippen molar-refractivity contribution in [2.45, 2.75) is 20.4 Å². The lowest BCUT2D eigenvalue weighted by molar-refractivity contribution is 0.802. The maximum Gasteiger partial charge on any atom is 0.226 e. The molecule has 6 nitrogen and oxygen atoms in total. The molecule has 2 aromatic heterocycles. The van der Waals surface area contributed by atoms with E-state index in [1.165, 1.54) is 0 Å². The van der Waals surface area contributed by atoms with E-state index in [2.05, 4.69) is 21.0 Å². The van der Waals surface area contributed by atoms with Gasteiger partial charge in [-0.1, -0.05) is 0 Å². The highest BCUT2D eigenvalue weighted by atomic mass is 35.5. The van der Waals surface area contributed by atoms with Crippen LogP contribution in [0.2, 0.25) is 5.28 Å². The number of fused-ring (bicyclic) bond motifs is 1. The smallest absolute Gasteiger partial charge is 0.226 e. The Kier molecular flexibility index (Phi) is 3.43. The van der Waals surface area contributed by atoms with E-state index < -0.39 is 0 Å². The zero-order valence-corrected chi connectivity index (χ0v) is 12.9. The first-order valence-corrected chi connectivity index (χ1v) is 7.01. The molecule has 0 aliphatic carbocycles. The quantitative estimate of drug-likeness (QED) is 0.734. The van der Waals surface area contributed by atoms with Gasteiger partial charge in [0.2, 0.25) is 5.28 Å². The molecular weight excluding hydrogens is 300 g/mol. The molecule has 0 aliphatic rings.